The van der Waals surface area contributed by atoms with Crippen molar-refractivity contribution < 1.29 is 4.39 Å². The molecule has 0 bridgehead atoms. The summed E-state index contributed by atoms with van der Waals surface area (Å²) in [4.78, 5) is 18.0. The number of allylic oxidation sites excluding steroid dienone is 1. The summed E-state index contributed by atoms with van der Waals surface area (Å²) in [5.41, 5.74) is 7.41. The second kappa shape index (κ2) is 8.44. The summed E-state index contributed by atoms with van der Waals surface area (Å²) in [5.74, 6) is 0.626. The van der Waals surface area contributed by atoms with Crippen molar-refractivity contribution in [1.29, 1.82) is 0 Å². The van der Waals surface area contributed by atoms with Gasteiger partial charge in [-0.15, -0.1) is 11.3 Å². The average molecular weight is 482 g/mol. The van der Waals surface area contributed by atoms with Crippen LogP contribution in [0, 0.1) is 5.13 Å². The van der Waals surface area contributed by atoms with E-state index in [2.05, 4.69) is 37.0 Å². The first-order chi connectivity index (χ1) is 17.1. The summed E-state index contributed by atoms with van der Waals surface area (Å²) in [6, 6.07) is 13.1. The molecule has 0 radical (unpaired) electrons. The van der Waals surface area contributed by atoms with Gasteiger partial charge in [0.25, 0.3) is 0 Å². The second-order valence-electron chi connectivity index (χ2n) is 8.12. The summed E-state index contributed by atoms with van der Waals surface area (Å²) in [5, 5.41) is 11.5. The van der Waals surface area contributed by atoms with Crippen LogP contribution in [-0.2, 0) is 0 Å². The number of halogens is 1. The molecule has 35 heavy (non-hydrogen) atoms. The van der Waals surface area contributed by atoms with E-state index in [1.165, 1.54) is 6.07 Å². The molecule has 0 saturated heterocycles. The van der Waals surface area contributed by atoms with Gasteiger partial charge in [-0.1, -0.05) is 25.6 Å². The molecule has 0 spiro atoms. The third-order valence-corrected chi connectivity index (χ3v) is 6.71. The fourth-order valence-electron chi connectivity index (χ4n) is 4.00. The number of pyridine rings is 2. The lowest BCUT2D eigenvalue weighted by Gasteiger charge is -2.08. The van der Waals surface area contributed by atoms with Crippen LogP contribution >= 0.6 is 11.3 Å². The maximum Gasteiger partial charge on any atom is 0.176 e. The molecule has 9 heteroatoms. The second-order valence-corrected chi connectivity index (χ2v) is 9.16. The Kier molecular flexibility index (Phi) is 5.11. The van der Waals surface area contributed by atoms with E-state index >= 15 is 0 Å². The highest BCUT2D eigenvalue weighted by molar-refractivity contribution is 7.14. The molecular weight excluding hydrogens is 461 g/mol. The molecule has 1 aromatic carbocycles. The van der Waals surface area contributed by atoms with E-state index in [4.69, 9.17) is 4.98 Å². The minimum Gasteiger partial charge on any atom is -0.358 e. The Morgan fingerprint density at radius 2 is 2.03 bits per heavy atom. The molecule has 0 atom stereocenters. The monoisotopic (exact) mass is 481 g/mol. The van der Waals surface area contributed by atoms with Crippen LogP contribution in [0.3, 0.4) is 0 Å². The fraction of sp³-hybridized carbons (Fsp3) is 0.0769. The molecule has 0 unspecified atom stereocenters. The number of anilines is 1. The third kappa shape index (κ3) is 3.85. The Bertz CT molecular complexity index is 1710. The van der Waals surface area contributed by atoms with Crippen molar-refractivity contribution in [3.8, 4) is 33.2 Å². The van der Waals surface area contributed by atoms with Gasteiger partial charge < -0.3 is 10.3 Å². The highest BCUT2D eigenvalue weighted by Crippen LogP contribution is 2.35. The van der Waals surface area contributed by atoms with Crippen LogP contribution in [0.2, 0.25) is 0 Å². The third-order valence-electron chi connectivity index (χ3n) is 5.80. The molecule has 0 aliphatic rings. The number of thiophene rings is 1. The van der Waals surface area contributed by atoms with Gasteiger partial charge in [0.1, 0.15) is 5.69 Å². The predicted octanol–water partition coefficient (Wildman–Crippen LogP) is 6.77. The number of para-hydroxylation sites is 1. The molecule has 0 fully saturated rings. The van der Waals surface area contributed by atoms with E-state index in [1.54, 1.807) is 24.7 Å². The lowest BCUT2D eigenvalue weighted by Crippen LogP contribution is -1.97. The Morgan fingerprint density at radius 3 is 2.86 bits per heavy atom. The number of nitrogens with one attached hydrogen (secondary N) is 3. The maximum absolute atomic E-state index is 13.7. The quantitative estimate of drug-likeness (QED) is 0.244. The van der Waals surface area contributed by atoms with Gasteiger partial charge in [0.15, 0.2) is 11.0 Å². The van der Waals surface area contributed by atoms with Gasteiger partial charge in [-0.3, -0.25) is 15.1 Å². The topological polar surface area (TPSA) is 95.2 Å². The molecule has 3 N–H and O–H groups in total. The number of benzene rings is 1. The van der Waals surface area contributed by atoms with Crippen molar-refractivity contribution in [2.75, 3.05) is 5.32 Å². The zero-order chi connectivity index (χ0) is 23.9. The standard InChI is InChI=1S/C26H20FN7S/c1-3-14(2)30-16-9-15(11-28-12-16)20-10-18-21(13-29-20)33-34-25(18)26-31-19-6-4-5-17(24(19)32-26)22-7-8-23(27)35-22/h4-13,30H,2-3H2,1H3,(H,31,32)(H,33,34). The molecule has 6 aromatic rings. The van der Waals surface area contributed by atoms with E-state index in [9.17, 15) is 4.39 Å². The van der Waals surface area contributed by atoms with Crippen LogP contribution in [0.4, 0.5) is 10.1 Å². The molecule has 5 heterocycles. The number of fused-ring (bicyclic) bond motifs is 2. The van der Waals surface area contributed by atoms with Crippen molar-refractivity contribution >= 4 is 39.0 Å². The number of H-pyrrole nitrogens is 2. The van der Waals surface area contributed by atoms with Crippen molar-refractivity contribution in [3.63, 3.8) is 0 Å². The lowest BCUT2D eigenvalue weighted by atomic mass is 10.1. The van der Waals surface area contributed by atoms with Crippen LogP contribution in [0.5, 0.6) is 0 Å². The highest BCUT2D eigenvalue weighted by atomic mass is 32.1. The van der Waals surface area contributed by atoms with Crippen LogP contribution in [0.25, 0.3) is 55.2 Å². The minimum absolute atomic E-state index is 0.223. The van der Waals surface area contributed by atoms with Crippen molar-refractivity contribution in [3.05, 3.63) is 78.5 Å². The molecule has 0 aliphatic carbocycles. The smallest absolute Gasteiger partial charge is 0.176 e. The van der Waals surface area contributed by atoms with Gasteiger partial charge in [0.2, 0.25) is 0 Å². The first kappa shape index (κ1) is 21.2. The van der Waals surface area contributed by atoms with Crippen molar-refractivity contribution in [1.82, 2.24) is 30.1 Å². The van der Waals surface area contributed by atoms with E-state index in [0.717, 1.165) is 72.8 Å². The predicted molar refractivity (Wildman–Crippen MR) is 139 cm³/mol. The van der Waals surface area contributed by atoms with Crippen LogP contribution < -0.4 is 5.32 Å². The maximum atomic E-state index is 13.7. The highest BCUT2D eigenvalue weighted by Gasteiger charge is 2.17. The van der Waals surface area contributed by atoms with Gasteiger partial charge in [-0.2, -0.15) is 9.49 Å². The summed E-state index contributed by atoms with van der Waals surface area (Å²) in [6.45, 7) is 6.04. The number of hydrogen-bond donors (Lipinski definition) is 3. The SMILES string of the molecule is C=C(CC)Nc1cncc(-c2cc3c(-c4nc5c(-c6ccc(F)s6)cccc5[nH]4)n[nH]c3cn2)c1. The van der Waals surface area contributed by atoms with E-state index < -0.39 is 0 Å². The number of hydrogen-bond acceptors (Lipinski definition) is 6. The number of imidazole rings is 1. The molecule has 0 amide bonds. The minimum atomic E-state index is -0.223. The zero-order valence-electron chi connectivity index (χ0n) is 18.8. The Hall–Kier alpha value is -4.37. The molecule has 172 valence electrons. The fourth-order valence-corrected chi connectivity index (χ4v) is 4.76. The first-order valence-corrected chi connectivity index (χ1v) is 11.9. The molecule has 0 aliphatic heterocycles. The van der Waals surface area contributed by atoms with Crippen LogP contribution in [-0.4, -0.2) is 30.1 Å². The van der Waals surface area contributed by atoms with Gasteiger partial charge in [-0.25, -0.2) is 4.98 Å². The average Bonchev–Trinajstić information content (AvgIpc) is 3.61. The van der Waals surface area contributed by atoms with Gasteiger partial charge in [0, 0.05) is 33.3 Å². The van der Waals surface area contributed by atoms with Crippen LogP contribution in [0.1, 0.15) is 13.3 Å². The number of aromatic nitrogens is 6. The van der Waals surface area contributed by atoms with E-state index in [0.29, 0.717) is 11.5 Å². The van der Waals surface area contributed by atoms with Crippen molar-refractivity contribution in [2.24, 2.45) is 0 Å². The Labute approximate surface area is 203 Å². The first-order valence-electron chi connectivity index (χ1n) is 11.1. The van der Waals surface area contributed by atoms with E-state index in [-0.39, 0.29) is 5.13 Å². The number of aromatic amines is 2. The van der Waals surface area contributed by atoms with Gasteiger partial charge in [0.05, 0.1) is 40.3 Å². The molecule has 6 rings (SSSR count). The molecule has 7 nitrogen and oxygen atoms in total. The van der Waals surface area contributed by atoms with E-state index in [1.807, 2.05) is 37.3 Å². The summed E-state index contributed by atoms with van der Waals surface area (Å²) >= 11 is 1.10. The molecule has 5 aromatic heterocycles. The molecule has 0 saturated carbocycles. The summed E-state index contributed by atoms with van der Waals surface area (Å²) in [6.07, 6.45) is 6.13. The lowest BCUT2D eigenvalue weighted by molar-refractivity contribution is 0.657. The number of nitrogens with zero attached hydrogens (tertiary/aromatic N) is 4. The number of rotatable bonds is 6. The zero-order valence-corrected chi connectivity index (χ0v) is 19.6. The van der Waals surface area contributed by atoms with Gasteiger partial charge in [-0.05, 0) is 36.8 Å². The normalized spacial score (nSPS) is 11.4. The van der Waals surface area contributed by atoms with Crippen LogP contribution in [0.15, 0.2) is 73.3 Å². The Morgan fingerprint density at radius 1 is 1.11 bits per heavy atom. The summed E-state index contributed by atoms with van der Waals surface area (Å²) in [7, 11) is 0. The Balaban J connectivity index is 1.43. The van der Waals surface area contributed by atoms with Crippen molar-refractivity contribution in [2.45, 2.75) is 13.3 Å². The summed E-state index contributed by atoms with van der Waals surface area (Å²) < 4.78 is 13.7. The largest absolute Gasteiger partial charge is 0.358 e. The van der Waals surface area contributed by atoms with Gasteiger partial charge >= 0.3 is 0 Å². The molecular formula is C26H20FN7S.